The molecular weight excluding hydrogens is 330 g/mol. The lowest BCUT2D eigenvalue weighted by Crippen LogP contribution is -1.97. The second-order valence-corrected chi connectivity index (χ2v) is 6.99. The number of hydrogen-bond acceptors (Lipinski definition) is 4. The average molecular weight is 342 g/mol. The van der Waals surface area contributed by atoms with E-state index in [1.165, 1.54) is 12.1 Å². The third kappa shape index (κ3) is 3.54. The van der Waals surface area contributed by atoms with Gasteiger partial charge in [0, 0.05) is 23.0 Å². The van der Waals surface area contributed by atoms with Gasteiger partial charge >= 0.3 is 0 Å². The van der Waals surface area contributed by atoms with Crippen LogP contribution in [0.2, 0.25) is 0 Å². The van der Waals surface area contributed by atoms with E-state index in [4.69, 9.17) is 4.74 Å². The molecule has 4 nitrogen and oxygen atoms in total. The van der Waals surface area contributed by atoms with Crippen LogP contribution in [-0.2, 0) is 9.84 Å². The standard InChI is InChI=1S/C13H12BrNO3S/c1-9-6-13(15-8-12(9)14)18-10-4-3-5-11(7-10)19(2,16)17/h3-8H,1-2H3. The first kappa shape index (κ1) is 14.0. The molecule has 1 aromatic carbocycles. The van der Waals surface area contributed by atoms with Gasteiger partial charge in [-0.1, -0.05) is 6.07 Å². The minimum Gasteiger partial charge on any atom is -0.439 e. The summed E-state index contributed by atoms with van der Waals surface area (Å²) in [6, 6.07) is 8.11. The summed E-state index contributed by atoms with van der Waals surface area (Å²) in [5.74, 6) is 0.864. The zero-order chi connectivity index (χ0) is 14.0. The number of benzene rings is 1. The molecule has 6 heteroatoms. The number of nitrogens with zero attached hydrogens (tertiary/aromatic N) is 1. The van der Waals surface area contributed by atoms with Crippen molar-refractivity contribution in [3.63, 3.8) is 0 Å². The Hall–Kier alpha value is -1.40. The Morgan fingerprint density at radius 1 is 1.26 bits per heavy atom. The largest absolute Gasteiger partial charge is 0.439 e. The maximum Gasteiger partial charge on any atom is 0.219 e. The van der Waals surface area contributed by atoms with Crippen molar-refractivity contribution in [3.8, 4) is 11.6 Å². The number of aromatic nitrogens is 1. The first-order valence-corrected chi connectivity index (χ1v) is 8.15. The molecule has 0 N–H and O–H groups in total. The fourth-order valence-corrected chi connectivity index (χ4v) is 2.33. The van der Waals surface area contributed by atoms with Gasteiger partial charge in [-0.05, 0) is 46.6 Å². The predicted octanol–water partition coefficient (Wildman–Crippen LogP) is 3.35. The number of rotatable bonds is 3. The molecule has 0 spiro atoms. The van der Waals surface area contributed by atoms with Crippen LogP contribution in [0, 0.1) is 6.92 Å². The van der Waals surface area contributed by atoms with Crippen LogP contribution in [0.4, 0.5) is 0 Å². The van der Waals surface area contributed by atoms with Gasteiger partial charge in [-0.2, -0.15) is 0 Å². The van der Waals surface area contributed by atoms with Crippen molar-refractivity contribution >= 4 is 25.8 Å². The molecule has 19 heavy (non-hydrogen) atoms. The first-order chi connectivity index (χ1) is 8.86. The molecule has 0 aliphatic rings. The lowest BCUT2D eigenvalue weighted by atomic mass is 10.3. The molecule has 1 heterocycles. The topological polar surface area (TPSA) is 56.3 Å². The molecule has 2 rings (SSSR count). The van der Waals surface area contributed by atoms with Gasteiger partial charge in [-0.15, -0.1) is 0 Å². The Kier molecular flexibility index (Phi) is 3.91. The Morgan fingerprint density at radius 3 is 2.63 bits per heavy atom. The van der Waals surface area contributed by atoms with Crippen molar-refractivity contribution in [2.75, 3.05) is 6.26 Å². The highest BCUT2D eigenvalue weighted by atomic mass is 79.9. The number of ether oxygens (including phenoxy) is 1. The summed E-state index contributed by atoms with van der Waals surface area (Å²) in [7, 11) is -3.24. The minimum atomic E-state index is -3.24. The van der Waals surface area contributed by atoms with E-state index < -0.39 is 9.84 Å². The Morgan fingerprint density at radius 2 is 2.00 bits per heavy atom. The van der Waals surface area contributed by atoms with Gasteiger partial charge in [0.05, 0.1) is 4.90 Å². The minimum absolute atomic E-state index is 0.221. The van der Waals surface area contributed by atoms with Gasteiger partial charge < -0.3 is 4.74 Å². The molecule has 0 amide bonds. The van der Waals surface area contributed by atoms with E-state index in [-0.39, 0.29) is 4.90 Å². The normalized spacial score (nSPS) is 11.3. The van der Waals surface area contributed by atoms with E-state index in [9.17, 15) is 8.42 Å². The molecule has 0 unspecified atom stereocenters. The number of aryl methyl sites for hydroxylation is 1. The zero-order valence-corrected chi connectivity index (χ0v) is 12.8. The Bertz CT molecular complexity index is 714. The van der Waals surface area contributed by atoms with Gasteiger partial charge in [0.15, 0.2) is 9.84 Å². The zero-order valence-electron chi connectivity index (χ0n) is 10.4. The summed E-state index contributed by atoms with van der Waals surface area (Å²) in [6.07, 6.45) is 2.80. The average Bonchev–Trinajstić information content (AvgIpc) is 2.33. The fraction of sp³-hybridized carbons (Fsp3) is 0.154. The highest BCUT2D eigenvalue weighted by Crippen LogP contribution is 2.25. The molecule has 0 aliphatic heterocycles. The van der Waals surface area contributed by atoms with Gasteiger partial charge in [0.1, 0.15) is 5.75 Å². The van der Waals surface area contributed by atoms with Gasteiger partial charge in [-0.25, -0.2) is 13.4 Å². The number of hydrogen-bond donors (Lipinski definition) is 0. The molecule has 1 aromatic heterocycles. The number of halogens is 1. The lowest BCUT2D eigenvalue weighted by molar-refractivity contribution is 0.460. The van der Waals surface area contributed by atoms with E-state index in [2.05, 4.69) is 20.9 Å². The highest BCUT2D eigenvalue weighted by molar-refractivity contribution is 9.10. The summed E-state index contributed by atoms with van der Waals surface area (Å²) in [6.45, 7) is 1.92. The third-order valence-electron chi connectivity index (χ3n) is 2.48. The SMILES string of the molecule is Cc1cc(Oc2cccc(S(C)(=O)=O)c2)ncc1Br. The second kappa shape index (κ2) is 5.30. The Labute approximate surface area is 120 Å². The third-order valence-corrected chi connectivity index (χ3v) is 4.42. The molecule has 0 saturated carbocycles. The van der Waals surface area contributed by atoms with Gasteiger partial charge in [0.2, 0.25) is 5.88 Å². The molecule has 0 saturated heterocycles. The molecule has 0 atom stereocenters. The van der Waals surface area contributed by atoms with Crippen molar-refractivity contribution in [2.24, 2.45) is 0 Å². The molecule has 2 aromatic rings. The molecule has 0 fully saturated rings. The molecule has 100 valence electrons. The van der Waals surface area contributed by atoms with E-state index in [1.54, 1.807) is 24.4 Å². The van der Waals surface area contributed by atoms with Crippen molar-refractivity contribution in [1.29, 1.82) is 0 Å². The Balaban J connectivity index is 2.31. The van der Waals surface area contributed by atoms with Crippen LogP contribution in [-0.4, -0.2) is 19.7 Å². The van der Waals surface area contributed by atoms with Crippen molar-refractivity contribution in [3.05, 3.63) is 46.6 Å². The highest BCUT2D eigenvalue weighted by Gasteiger charge is 2.09. The molecule has 0 aliphatic carbocycles. The first-order valence-electron chi connectivity index (χ1n) is 5.46. The number of pyridine rings is 1. The van der Waals surface area contributed by atoms with Crippen LogP contribution in [0.25, 0.3) is 0 Å². The van der Waals surface area contributed by atoms with Crippen molar-refractivity contribution in [2.45, 2.75) is 11.8 Å². The van der Waals surface area contributed by atoms with E-state index in [0.717, 1.165) is 16.3 Å². The summed E-state index contributed by atoms with van der Waals surface area (Å²) in [4.78, 5) is 4.33. The van der Waals surface area contributed by atoms with Crippen LogP contribution in [0.5, 0.6) is 11.6 Å². The number of sulfone groups is 1. The maximum atomic E-state index is 11.5. The van der Waals surface area contributed by atoms with E-state index in [0.29, 0.717) is 11.6 Å². The van der Waals surface area contributed by atoms with Crippen LogP contribution in [0.1, 0.15) is 5.56 Å². The fourth-order valence-electron chi connectivity index (χ4n) is 1.46. The molecule has 0 radical (unpaired) electrons. The molecule has 0 bridgehead atoms. The predicted molar refractivity (Wildman–Crippen MR) is 76.3 cm³/mol. The van der Waals surface area contributed by atoms with Crippen LogP contribution in [0.15, 0.2) is 45.9 Å². The maximum absolute atomic E-state index is 11.5. The van der Waals surface area contributed by atoms with Gasteiger partial charge in [-0.3, -0.25) is 0 Å². The quantitative estimate of drug-likeness (QED) is 0.858. The second-order valence-electron chi connectivity index (χ2n) is 4.12. The van der Waals surface area contributed by atoms with Crippen LogP contribution >= 0.6 is 15.9 Å². The summed E-state index contributed by atoms with van der Waals surface area (Å²) in [5.41, 5.74) is 0.990. The van der Waals surface area contributed by atoms with Crippen LogP contribution in [0.3, 0.4) is 0 Å². The van der Waals surface area contributed by atoms with E-state index in [1.807, 2.05) is 6.92 Å². The summed E-state index contributed by atoms with van der Waals surface area (Å²) < 4.78 is 29.4. The van der Waals surface area contributed by atoms with Crippen molar-refractivity contribution < 1.29 is 13.2 Å². The summed E-state index contributed by atoms with van der Waals surface area (Å²) >= 11 is 3.36. The molecular formula is C13H12BrNO3S. The van der Waals surface area contributed by atoms with Crippen LogP contribution < -0.4 is 4.74 Å². The smallest absolute Gasteiger partial charge is 0.219 e. The monoisotopic (exact) mass is 341 g/mol. The van der Waals surface area contributed by atoms with E-state index >= 15 is 0 Å². The van der Waals surface area contributed by atoms with Gasteiger partial charge in [0.25, 0.3) is 0 Å². The summed E-state index contributed by atoms with van der Waals surface area (Å²) in [5, 5.41) is 0. The van der Waals surface area contributed by atoms with Crippen molar-refractivity contribution in [1.82, 2.24) is 4.98 Å². The lowest BCUT2D eigenvalue weighted by Gasteiger charge is -2.07.